The van der Waals surface area contributed by atoms with Crippen LogP contribution in [0.1, 0.15) is 47.8 Å². The van der Waals surface area contributed by atoms with Gasteiger partial charge in [-0.3, -0.25) is 9.20 Å². The molecule has 0 bridgehead atoms. The van der Waals surface area contributed by atoms with Gasteiger partial charge in [0.05, 0.1) is 5.69 Å². The number of hydrogen-bond acceptors (Lipinski definition) is 1. The van der Waals surface area contributed by atoms with E-state index in [1.54, 1.807) is 0 Å². The fraction of sp³-hybridized carbons (Fsp3) is 0.296. The van der Waals surface area contributed by atoms with E-state index in [-0.39, 0.29) is 11.7 Å². The molecule has 2 aromatic heterocycles. The Kier molecular flexibility index (Phi) is 5.33. The molecule has 5 heteroatoms. The molecule has 0 aliphatic carbocycles. The number of rotatable bonds is 5. The molecule has 164 valence electrons. The van der Waals surface area contributed by atoms with E-state index in [1.807, 2.05) is 12.1 Å². The maximum absolute atomic E-state index is 13.6. The molecule has 2 aromatic carbocycles. The number of aromatic nitrogens is 2. The van der Waals surface area contributed by atoms with E-state index < -0.39 is 0 Å². The van der Waals surface area contributed by atoms with E-state index in [0.29, 0.717) is 12.2 Å². The first-order valence-electron chi connectivity index (χ1n) is 11.5. The minimum atomic E-state index is -0.246. The fourth-order valence-electron chi connectivity index (χ4n) is 4.81. The molecule has 0 atom stereocenters. The molecule has 0 spiro atoms. The molecule has 3 heterocycles. The number of imidazole rings is 1. The van der Waals surface area contributed by atoms with Crippen LogP contribution >= 0.6 is 0 Å². The number of nitrogens with zero attached hydrogens (tertiary/aromatic N) is 2. The predicted molar refractivity (Wildman–Crippen MR) is 127 cm³/mol. The predicted octanol–water partition coefficient (Wildman–Crippen LogP) is 6.00. The third-order valence-corrected chi connectivity index (χ3v) is 6.36. The highest BCUT2D eigenvalue weighted by atomic mass is 19.1. The molecule has 0 saturated heterocycles. The van der Waals surface area contributed by atoms with Crippen LogP contribution in [0.5, 0.6) is 0 Å². The van der Waals surface area contributed by atoms with Crippen molar-refractivity contribution in [2.24, 2.45) is 0 Å². The maximum Gasteiger partial charge on any atom is 0.268 e. The first kappa shape index (κ1) is 20.6. The Morgan fingerprint density at radius 1 is 1.03 bits per heavy atom. The zero-order chi connectivity index (χ0) is 22.2. The summed E-state index contributed by atoms with van der Waals surface area (Å²) < 4.78 is 17.9. The molecule has 1 aliphatic rings. The molecule has 1 amide bonds. The number of halogens is 1. The molecule has 4 nitrogen and oxygen atoms in total. The number of amides is 1. The quantitative estimate of drug-likeness (QED) is 0.415. The Labute approximate surface area is 187 Å². The van der Waals surface area contributed by atoms with E-state index in [1.165, 1.54) is 23.3 Å². The van der Waals surface area contributed by atoms with Crippen LogP contribution in [0.3, 0.4) is 0 Å². The Hall–Kier alpha value is -3.34. The van der Waals surface area contributed by atoms with Crippen molar-refractivity contribution in [2.45, 2.75) is 46.1 Å². The maximum atomic E-state index is 13.6. The van der Waals surface area contributed by atoms with Gasteiger partial charge in [-0.2, -0.15) is 0 Å². The fourth-order valence-corrected chi connectivity index (χ4v) is 4.81. The molecule has 4 aromatic rings. The smallest absolute Gasteiger partial charge is 0.268 e. The number of nitrogens with one attached hydrogen (secondary N) is 1. The number of hydrogen-bond donors (Lipinski definition) is 1. The highest BCUT2D eigenvalue weighted by Crippen LogP contribution is 2.39. The van der Waals surface area contributed by atoms with E-state index in [0.717, 1.165) is 60.3 Å². The highest BCUT2D eigenvalue weighted by molar-refractivity contribution is 6.03. The van der Waals surface area contributed by atoms with Gasteiger partial charge < -0.3 is 9.88 Å². The van der Waals surface area contributed by atoms with Crippen molar-refractivity contribution in [3.63, 3.8) is 0 Å². The lowest BCUT2D eigenvalue weighted by Gasteiger charge is -2.10. The second-order valence-electron chi connectivity index (χ2n) is 8.65. The second kappa shape index (κ2) is 8.30. The molecular weight excluding hydrogens is 401 g/mol. The summed E-state index contributed by atoms with van der Waals surface area (Å²) >= 11 is 0. The van der Waals surface area contributed by atoms with Crippen molar-refractivity contribution >= 4 is 11.6 Å². The van der Waals surface area contributed by atoms with Crippen LogP contribution in [0, 0.1) is 12.7 Å². The van der Waals surface area contributed by atoms with Gasteiger partial charge in [0.1, 0.15) is 17.2 Å². The summed E-state index contributed by atoms with van der Waals surface area (Å²) in [5, 5.41) is 3.09. The molecule has 32 heavy (non-hydrogen) atoms. The van der Waals surface area contributed by atoms with E-state index in [4.69, 9.17) is 0 Å². The Morgan fingerprint density at radius 2 is 1.75 bits per heavy atom. The molecular formula is C27H28FN3O. The van der Waals surface area contributed by atoms with Crippen LogP contribution in [0.25, 0.3) is 28.0 Å². The first-order chi connectivity index (χ1) is 15.6. The minimum Gasteiger partial charge on any atom is -0.351 e. The molecule has 0 saturated carbocycles. The van der Waals surface area contributed by atoms with Crippen LogP contribution in [0.15, 0.2) is 54.7 Å². The molecule has 1 aliphatic heterocycles. The van der Waals surface area contributed by atoms with Crippen LogP contribution < -0.4 is 5.32 Å². The minimum absolute atomic E-state index is 0.0490. The van der Waals surface area contributed by atoms with Gasteiger partial charge in [-0.25, -0.2) is 4.39 Å². The van der Waals surface area contributed by atoms with E-state index >= 15 is 0 Å². The van der Waals surface area contributed by atoms with Crippen molar-refractivity contribution in [1.82, 2.24) is 14.3 Å². The molecule has 0 fully saturated rings. The molecule has 0 unspecified atom stereocenters. The van der Waals surface area contributed by atoms with Crippen molar-refractivity contribution in [3.8, 4) is 22.4 Å². The van der Waals surface area contributed by atoms with Crippen LogP contribution in [0.2, 0.25) is 0 Å². The average Bonchev–Trinajstić information content (AvgIpc) is 3.21. The Morgan fingerprint density at radius 3 is 2.47 bits per heavy atom. The second-order valence-corrected chi connectivity index (χ2v) is 8.65. The SMILES string of the molecule is CCCNC(=O)c1c(-c2ccc(C)cc2)c2c3n(c(-c4ccc(F)cc4)cn13)CCCC2. The van der Waals surface area contributed by atoms with Crippen LogP contribution in [-0.4, -0.2) is 21.4 Å². The summed E-state index contributed by atoms with van der Waals surface area (Å²) in [6, 6.07) is 15.1. The molecule has 5 rings (SSSR count). The number of benzene rings is 2. The van der Waals surface area contributed by atoms with Gasteiger partial charge in [-0.15, -0.1) is 0 Å². The summed E-state index contributed by atoms with van der Waals surface area (Å²) in [6.07, 6.45) is 6.00. The average molecular weight is 430 g/mol. The normalized spacial score (nSPS) is 13.3. The summed E-state index contributed by atoms with van der Waals surface area (Å²) in [5.74, 6) is -0.295. The van der Waals surface area contributed by atoms with Crippen LogP contribution in [0.4, 0.5) is 4.39 Å². The number of carbonyl (C=O) groups excluding carboxylic acids is 1. The van der Waals surface area contributed by atoms with E-state index in [9.17, 15) is 9.18 Å². The molecule has 1 N–H and O–H groups in total. The summed E-state index contributed by atoms with van der Waals surface area (Å²) in [7, 11) is 0. The highest BCUT2D eigenvalue weighted by Gasteiger charge is 2.29. The van der Waals surface area contributed by atoms with Gasteiger partial charge in [-0.1, -0.05) is 36.8 Å². The summed E-state index contributed by atoms with van der Waals surface area (Å²) in [5.41, 5.74) is 8.28. The van der Waals surface area contributed by atoms with Gasteiger partial charge in [0.15, 0.2) is 0 Å². The third-order valence-electron chi connectivity index (χ3n) is 6.36. The van der Waals surface area contributed by atoms with Gasteiger partial charge in [0, 0.05) is 30.4 Å². The van der Waals surface area contributed by atoms with Gasteiger partial charge in [0.2, 0.25) is 0 Å². The van der Waals surface area contributed by atoms with Crippen molar-refractivity contribution in [3.05, 3.63) is 77.4 Å². The molecule has 0 radical (unpaired) electrons. The topological polar surface area (TPSA) is 38.4 Å². The van der Waals surface area contributed by atoms with Gasteiger partial charge in [-0.05, 0) is 68.0 Å². The summed E-state index contributed by atoms with van der Waals surface area (Å²) in [4.78, 5) is 13.4. The zero-order valence-electron chi connectivity index (χ0n) is 18.6. The largest absolute Gasteiger partial charge is 0.351 e. The van der Waals surface area contributed by atoms with Gasteiger partial charge in [0.25, 0.3) is 5.91 Å². The summed E-state index contributed by atoms with van der Waals surface area (Å²) in [6.45, 7) is 5.65. The monoisotopic (exact) mass is 429 g/mol. The van der Waals surface area contributed by atoms with Crippen molar-refractivity contribution in [1.29, 1.82) is 0 Å². The number of aryl methyl sites for hydroxylation is 3. The standard InChI is InChI=1S/C27H28FN3O/c1-3-15-29-26(32)25-24(20-9-7-18(2)8-10-20)22-6-4-5-16-30-23(17-31(25)27(22)30)19-11-13-21(28)14-12-19/h7-14,17H,3-6,15-16H2,1-2H3,(H,29,32). The lowest BCUT2D eigenvalue weighted by molar-refractivity contribution is 0.0948. The lowest BCUT2D eigenvalue weighted by atomic mass is 9.97. The first-order valence-corrected chi connectivity index (χ1v) is 11.5. The van der Waals surface area contributed by atoms with E-state index in [2.05, 4.69) is 58.6 Å². The van der Waals surface area contributed by atoms with Crippen molar-refractivity contribution < 1.29 is 9.18 Å². The third kappa shape index (κ3) is 3.42. The number of carbonyl (C=O) groups is 1. The Balaban J connectivity index is 1.80. The Bertz CT molecular complexity index is 1280. The van der Waals surface area contributed by atoms with Gasteiger partial charge >= 0.3 is 0 Å². The lowest BCUT2D eigenvalue weighted by Crippen LogP contribution is -2.25. The zero-order valence-corrected chi connectivity index (χ0v) is 18.6. The van der Waals surface area contributed by atoms with Crippen LogP contribution in [-0.2, 0) is 13.0 Å². The van der Waals surface area contributed by atoms with Crippen molar-refractivity contribution in [2.75, 3.05) is 6.54 Å².